The number of carbonyl (C=O) groups is 5. The normalized spacial score (nSPS) is 22.2. The number of rotatable bonds is 14. The summed E-state index contributed by atoms with van der Waals surface area (Å²) in [6.07, 6.45) is 2.14. The number of ether oxygens (including phenoxy) is 1. The largest absolute Gasteiger partial charge is 0.447 e. The van der Waals surface area contributed by atoms with Gasteiger partial charge in [-0.1, -0.05) is 74.8 Å². The first kappa shape index (κ1) is 40.0. The second-order valence-electron chi connectivity index (χ2n) is 16.9. The van der Waals surface area contributed by atoms with Crippen molar-refractivity contribution in [3.05, 3.63) is 12.7 Å². The molecule has 2 rings (SSSR count). The topological polar surface area (TPSA) is 158 Å². The van der Waals surface area contributed by atoms with Gasteiger partial charge in [0.15, 0.2) is 0 Å². The number of hydrogen-bond donors (Lipinski definition) is 5. The molecule has 1 aliphatic heterocycles. The fourth-order valence-electron chi connectivity index (χ4n) is 6.37. The number of hydrogen-bond acceptors (Lipinski definition) is 7. The number of ketones is 1. The third-order valence-corrected chi connectivity index (χ3v) is 9.33. The van der Waals surface area contributed by atoms with Gasteiger partial charge in [0.1, 0.15) is 12.6 Å². The third kappa shape index (κ3) is 10.9. The molecule has 2 fully saturated rings. The van der Waals surface area contributed by atoms with E-state index in [2.05, 4.69) is 47.0 Å². The quantitative estimate of drug-likeness (QED) is 0.140. The molecule has 1 heterocycles. The fraction of sp³-hybridized carbons (Fsp3) is 0.800. The maximum atomic E-state index is 14.3. The molecule has 0 aromatic carbocycles. The summed E-state index contributed by atoms with van der Waals surface area (Å²) in [5, 5.41) is 14.5. The van der Waals surface area contributed by atoms with E-state index in [1.807, 2.05) is 74.1 Å². The van der Waals surface area contributed by atoms with Gasteiger partial charge in [-0.3, -0.25) is 14.4 Å². The Morgan fingerprint density at radius 3 is 2.11 bits per heavy atom. The number of urea groups is 1. The number of amides is 5. The Morgan fingerprint density at radius 1 is 0.979 bits per heavy atom. The van der Waals surface area contributed by atoms with Crippen LogP contribution in [0.3, 0.4) is 0 Å². The molecule has 0 radical (unpaired) electrons. The molecule has 1 aliphatic carbocycles. The summed E-state index contributed by atoms with van der Waals surface area (Å²) in [4.78, 5) is 67.3. The molecule has 0 aromatic heterocycles. The summed E-state index contributed by atoms with van der Waals surface area (Å²) in [5.74, 6) is -0.864. The van der Waals surface area contributed by atoms with Gasteiger partial charge in [-0.2, -0.15) is 0 Å². The van der Waals surface area contributed by atoms with Crippen molar-refractivity contribution in [2.45, 2.75) is 126 Å². The monoisotopic (exact) mass is 662 g/mol. The highest BCUT2D eigenvalue weighted by Crippen LogP contribution is 2.64. The van der Waals surface area contributed by atoms with E-state index in [1.54, 1.807) is 0 Å². The first-order valence-corrected chi connectivity index (χ1v) is 16.9. The van der Waals surface area contributed by atoms with Gasteiger partial charge in [-0.05, 0) is 55.3 Å². The Morgan fingerprint density at radius 2 is 1.60 bits per heavy atom. The Kier molecular flexibility index (Phi) is 13.1. The molecule has 47 heavy (non-hydrogen) atoms. The summed E-state index contributed by atoms with van der Waals surface area (Å²) in [7, 11) is 0. The lowest BCUT2D eigenvalue weighted by Crippen LogP contribution is -2.61. The maximum absolute atomic E-state index is 14.3. The van der Waals surface area contributed by atoms with Crippen LogP contribution in [0.1, 0.15) is 95.9 Å². The van der Waals surface area contributed by atoms with Crippen LogP contribution in [0.5, 0.6) is 0 Å². The molecule has 0 bridgehead atoms. The van der Waals surface area contributed by atoms with Gasteiger partial charge in [0.2, 0.25) is 11.7 Å². The van der Waals surface area contributed by atoms with E-state index in [0.29, 0.717) is 31.8 Å². The van der Waals surface area contributed by atoms with Crippen molar-refractivity contribution in [3.8, 4) is 0 Å². The van der Waals surface area contributed by atoms with E-state index in [9.17, 15) is 24.0 Å². The lowest BCUT2D eigenvalue weighted by Gasteiger charge is -2.39. The van der Waals surface area contributed by atoms with Crippen LogP contribution in [-0.4, -0.2) is 90.6 Å². The molecular formula is C35H62N6O6. The first-order chi connectivity index (χ1) is 21.4. The van der Waals surface area contributed by atoms with Gasteiger partial charge < -0.3 is 36.2 Å². The number of Topliss-reactive ketones (excluding diaryl/α,β-unsaturated/α-hetero) is 1. The van der Waals surface area contributed by atoms with Crippen molar-refractivity contribution in [1.29, 1.82) is 0 Å². The molecule has 0 aromatic rings. The minimum absolute atomic E-state index is 0.0377. The fourth-order valence-corrected chi connectivity index (χ4v) is 6.37. The number of piperidine rings is 1. The van der Waals surface area contributed by atoms with E-state index < -0.39 is 58.3 Å². The van der Waals surface area contributed by atoms with Crippen LogP contribution in [0.25, 0.3) is 0 Å². The Labute approximate surface area is 282 Å². The number of nitrogens with zero attached hydrogens (tertiary/aromatic N) is 1. The lowest BCUT2D eigenvalue weighted by atomic mass is 9.85. The Balaban J connectivity index is 2.21. The minimum Gasteiger partial charge on any atom is -0.447 e. The van der Waals surface area contributed by atoms with E-state index in [-0.39, 0.29) is 36.4 Å². The van der Waals surface area contributed by atoms with Crippen molar-refractivity contribution in [2.24, 2.45) is 28.1 Å². The molecule has 5 amide bonds. The van der Waals surface area contributed by atoms with E-state index in [0.717, 1.165) is 0 Å². The zero-order chi connectivity index (χ0) is 36.1. The molecule has 1 saturated carbocycles. The summed E-state index contributed by atoms with van der Waals surface area (Å²) in [5.41, 5.74) is -1.51. The maximum Gasteiger partial charge on any atom is 0.407 e. The molecular weight excluding hydrogens is 600 g/mol. The van der Waals surface area contributed by atoms with Crippen LogP contribution in [-0.2, 0) is 19.1 Å². The number of fused-ring (bicyclic) bond motifs is 1. The first-order valence-electron chi connectivity index (χ1n) is 16.9. The van der Waals surface area contributed by atoms with Crippen molar-refractivity contribution < 1.29 is 28.7 Å². The highest BCUT2D eigenvalue weighted by molar-refractivity contribution is 6.38. The highest BCUT2D eigenvalue weighted by Gasteiger charge is 2.67. The van der Waals surface area contributed by atoms with Gasteiger partial charge in [-0.25, -0.2) is 9.59 Å². The van der Waals surface area contributed by atoms with Crippen LogP contribution in [0, 0.1) is 28.1 Å². The van der Waals surface area contributed by atoms with Crippen LogP contribution in [0.15, 0.2) is 12.7 Å². The summed E-state index contributed by atoms with van der Waals surface area (Å²) in [6, 6.07) is -2.80. The summed E-state index contributed by atoms with van der Waals surface area (Å²) < 4.78 is 5.45. The molecule has 6 atom stereocenters. The molecule has 2 unspecified atom stereocenters. The third-order valence-electron chi connectivity index (χ3n) is 9.33. The van der Waals surface area contributed by atoms with Gasteiger partial charge >= 0.3 is 12.1 Å². The zero-order valence-electron chi connectivity index (χ0n) is 30.9. The lowest BCUT2D eigenvalue weighted by molar-refractivity contribution is -0.139. The number of nitrogens with one attached hydrogen (secondary N) is 5. The van der Waals surface area contributed by atoms with Crippen LogP contribution < -0.4 is 26.6 Å². The van der Waals surface area contributed by atoms with Crippen molar-refractivity contribution in [1.82, 2.24) is 31.5 Å². The van der Waals surface area contributed by atoms with E-state index in [1.165, 1.54) is 6.08 Å². The molecule has 12 nitrogen and oxygen atoms in total. The Bertz CT molecular complexity index is 1160. The Hall–Kier alpha value is -3.15. The SMILES string of the molecule is C=CCNC(=O)C(=O)C(CCC)NCC1[C@@H]2[C@H](CN1C(=O)[C@@H](NC(=O)N[C@H](COC(=O)NC(C)(C)C)C(C)(C)C)C(C)(C)C)C2(C)C. The van der Waals surface area contributed by atoms with Crippen LogP contribution in [0.2, 0.25) is 0 Å². The molecule has 12 heteroatoms. The van der Waals surface area contributed by atoms with Crippen LogP contribution >= 0.6 is 0 Å². The highest BCUT2D eigenvalue weighted by atomic mass is 16.5. The van der Waals surface area contributed by atoms with E-state index >= 15 is 0 Å². The summed E-state index contributed by atoms with van der Waals surface area (Å²) in [6.45, 7) is 28.1. The predicted octanol–water partition coefficient (Wildman–Crippen LogP) is 3.75. The predicted molar refractivity (Wildman–Crippen MR) is 184 cm³/mol. The van der Waals surface area contributed by atoms with Crippen LogP contribution in [0.4, 0.5) is 9.59 Å². The molecule has 5 N–H and O–H groups in total. The smallest absolute Gasteiger partial charge is 0.407 e. The van der Waals surface area contributed by atoms with Crippen molar-refractivity contribution >= 4 is 29.7 Å². The average Bonchev–Trinajstić information content (AvgIpc) is 3.24. The van der Waals surface area contributed by atoms with Gasteiger partial charge in [0.05, 0.1) is 12.1 Å². The molecule has 1 saturated heterocycles. The average molecular weight is 663 g/mol. The van der Waals surface area contributed by atoms with Gasteiger partial charge in [0, 0.05) is 31.2 Å². The van der Waals surface area contributed by atoms with Crippen molar-refractivity contribution in [3.63, 3.8) is 0 Å². The van der Waals surface area contributed by atoms with E-state index in [4.69, 9.17) is 4.74 Å². The molecule has 0 spiro atoms. The number of alkyl carbamates (subject to hydrolysis) is 1. The zero-order valence-corrected chi connectivity index (χ0v) is 30.9. The molecule has 2 aliphatic rings. The second kappa shape index (κ2) is 15.4. The van der Waals surface area contributed by atoms with Gasteiger partial charge in [0.25, 0.3) is 5.91 Å². The second-order valence-corrected chi connectivity index (χ2v) is 16.9. The standard InChI is InChI=1S/C35H62N6O6/c1-14-16-22(26(42)28(43)36-17-15-2)37-18-23-25-21(35(25,12)13)19-41(23)29(44)27(33(6,7)8)39-30(45)38-24(32(3,4)5)20-47-31(46)40-34(9,10)11/h15,21-25,27,37H,2,14,16-20H2,1,3-13H3,(H,36,43)(H,40,46)(H2,38,39,45)/t21-,22?,23?,24+,25-,27+/m0/s1. The number of carbonyl (C=O) groups excluding carboxylic acids is 5. The minimum atomic E-state index is -0.853. The van der Waals surface area contributed by atoms with Gasteiger partial charge in [-0.15, -0.1) is 6.58 Å². The molecule has 268 valence electrons. The summed E-state index contributed by atoms with van der Waals surface area (Å²) >= 11 is 0. The number of likely N-dealkylation sites (tertiary alicyclic amines) is 1. The van der Waals surface area contributed by atoms with Crippen molar-refractivity contribution in [2.75, 3.05) is 26.2 Å².